The molecule has 2 fully saturated rings. The summed E-state index contributed by atoms with van der Waals surface area (Å²) in [5.74, 6) is 0.237. The second-order valence-electron chi connectivity index (χ2n) is 10.9. The zero-order valence-electron chi connectivity index (χ0n) is 21.9. The Morgan fingerprint density at radius 2 is 1.90 bits per heavy atom. The summed E-state index contributed by atoms with van der Waals surface area (Å²) < 4.78 is 48.5. The van der Waals surface area contributed by atoms with Crippen molar-refractivity contribution in [1.29, 1.82) is 0 Å². The van der Waals surface area contributed by atoms with Gasteiger partial charge in [0.25, 0.3) is 5.91 Å². The Bertz CT molecular complexity index is 1410. The summed E-state index contributed by atoms with van der Waals surface area (Å²) in [7, 11) is -3.66. The Morgan fingerprint density at radius 1 is 1.10 bits per heavy atom. The van der Waals surface area contributed by atoms with E-state index < -0.39 is 20.9 Å². The standard InChI is InChI=1S/C30H33FN2O4S2/c1-30(14-5-2-6-15-30)39(35,36)33-17-18-38-27-20-37-26(19-25(27)33)29(34)32-16-13-21-7-3-4-8-24(21)28(32)22-9-11-23(31)12-10-22/h2-12,14,25-28H,13,15-20H2,1H3/t25-,26+,27-,28-,30?/m0/s1. The topological polar surface area (TPSA) is 66.9 Å². The quantitative estimate of drug-likeness (QED) is 0.544. The van der Waals surface area contributed by atoms with Crippen LogP contribution in [0.25, 0.3) is 0 Å². The van der Waals surface area contributed by atoms with Crippen LogP contribution < -0.4 is 0 Å². The van der Waals surface area contributed by atoms with Gasteiger partial charge in [0.05, 0.1) is 12.6 Å². The molecular weight excluding hydrogens is 535 g/mol. The number of hydrogen-bond acceptors (Lipinski definition) is 5. The molecule has 5 atom stereocenters. The summed E-state index contributed by atoms with van der Waals surface area (Å²) in [6, 6.07) is 13.7. The molecule has 4 aliphatic rings. The number of carbonyl (C=O) groups is 1. The van der Waals surface area contributed by atoms with Gasteiger partial charge in [-0.15, -0.1) is 0 Å². The first-order valence-electron chi connectivity index (χ1n) is 13.5. The van der Waals surface area contributed by atoms with Crippen LogP contribution in [0.5, 0.6) is 0 Å². The molecule has 0 saturated carbocycles. The Kier molecular flexibility index (Phi) is 7.20. The third-order valence-corrected chi connectivity index (χ3v) is 12.4. The lowest BCUT2D eigenvalue weighted by Gasteiger charge is -2.48. The van der Waals surface area contributed by atoms with Crippen LogP contribution in [-0.4, -0.2) is 71.1 Å². The molecule has 6 nitrogen and oxygen atoms in total. The fourth-order valence-electron chi connectivity index (χ4n) is 6.31. The van der Waals surface area contributed by atoms with Crippen molar-refractivity contribution in [2.75, 3.05) is 25.4 Å². The van der Waals surface area contributed by atoms with Crippen molar-refractivity contribution in [3.63, 3.8) is 0 Å². The molecule has 0 spiro atoms. The molecule has 2 aromatic carbocycles. The second-order valence-corrected chi connectivity index (χ2v) is 14.6. The average Bonchev–Trinajstić information content (AvgIpc) is 2.96. The van der Waals surface area contributed by atoms with E-state index >= 15 is 0 Å². The van der Waals surface area contributed by atoms with E-state index in [1.165, 1.54) is 17.7 Å². The van der Waals surface area contributed by atoms with Gasteiger partial charge in [-0.25, -0.2) is 12.8 Å². The number of allylic oxidation sites excluding steroid dienone is 3. The van der Waals surface area contributed by atoms with Crippen LogP contribution >= 0.6 is 11.8 Å². The van der Waals surface area contributed by atoms with Crippen molar-refractivity contribution in [1.82, 2.24) is 9.21 Å². The maximum atomic E-state index is 14.1. The van der Waals surface area contributed by atoms with Crippen LogP contribution in [0.15, 0.2) is 72.8 Å². The summed E-state index contributed by atoms with van der Waals surface area (Å²) in [6.07, 6.45) is 8.07. The molecule has 0 N–H and O–H groups in total. The monoisotopic (exact) mass is 568 g/mol. The third-order valence-electron chi connectivity index (χ3n) is 8.50. The van der Waals surface area contributed by atoms with Crippen molar-refractivity contribution in [3.05, 3.63) is 95.3 Å². The maximum absolute atomic E-state index is 14.1. The van der Waals surface area contributed by atoms with Crippen molar-refractivity contribution in [2.24, 2.45) is 0 Å². The van der Waals surface area contributed by atoms with E-state index in [4.69, 9.17) is 4.74 Å². The molecule has 3 heterocycles. The van der Waals surface area contributed by atoms with Crippen LogP contribution in [0.2, 0.25) is 0 Å². The molecule has 1 unspecified atom stereocenters. The minimum absolute atomic E-state index is 0.0146. The molecule has 1 amide bonds. The smallest absolute Gasteiger partial charge is 0.252 e. The van der Waals surface area contributed by atoms with Crippen LogP contribution in [0, 0.1) is 5.82 Å². The van der Waals surface area contributed by atoms with E-state index in [0.717, 1.165) is 11.1 Å². The molecule has 39 heavy (non-hydrogen) atoms. The highest BCUT2D eigenvalue weighted by Crippen LogP contribution is 2.41. The molecule has 6 rings (SSSR count). The van der Waals surface area contributed by atoms with Gasteiger partial charge in [0.15, 0.2) is 0 Å². The van der Waals surface area contributed by atoms with Gasteiger partial charge >= 0.3 is 0 Å². The summed E-state index contributed by atoms with van der Waals surface area (Å²) in [4.78, 5) is 16.0. The maximum Gasteiger partial charge on any atom is 0.252 e. The third kappa shape index (κ3) is 4.77. The summed E-state index contributed by atoms with van der Waals surface area (Å²) >= 11 is 1.73. The normalized spacial score (nSPS) is 31.0. The van der Waals surface area contributed by atoms with Crippen LogP contribution in [0.4, 0.5) is 4.39 Å². The highest BCUT2D eigenvalue weighted by atomic mass is 32.2. The number of thioether (sulfide) groups is 1. The van der Waals surface area contributed by atoms with Crippen LogP contribution in [-0.2, 0) is 26.0 Å². The molecule has 206 valence electrons. The molecule has 2 aromatic rings. The molecule has 0 bridgehead atoms. The van der Waals surface area contributed by atoms with Crippen LogP contribution in [0.3, 0.4) is 0 Å². The Morgan fingerprint density at radius 3 is 2.67 bits per heavy atom. The van der Waals surface area contributed by atoms with E-state index in [0.29, 0.717) is 44.7 Å². The molecule has 9 heteroatoms. The molecule has 0 aromatic heterocycles. The van der Waals surface area contributed by atoms with Gasteiger partial charge < -0.3 is 9.64 Å². The lowest BCUT2D eigenvalue weighted by molar-refractivity contribution is -0.150. The number of ether oxygens (including phenoxy) is 1. The number of carbonyl (C=O) groups excluding carboxylic acids is 1. The van der Waals surface area contributed by atoms with E-state index in [1.807, 2.05) is 35.3 Å². The predicted molar refractivity (Wildman–Crippen MR) is 151 cm³/mol. The predicted octanol–water partition coefficient (Wildman–Crippen LogP) is 4.48. The van der Waals surface area contributed by atoms with Crippen LogP contribution in [0.1, 0.15) is 42.5 Å². The van der Waals surface area contributed by atoms with E-state index in [-0.39, 0.29) is 29.1 Å². The lowest BCUT2D eigenvalue weighted by Crippen LogP contribution is -2.61. The number of amides is 1. The zero-order chi connectivity index (χ0) is 27.2. The number of fused-ring (bicyclic) bond motifs is 2. The van der Waals surface area contributed by atoms with Gasteiger partial charge in [-0.3, -0.25) is 4.79 Å². The number of hydrogen-bond donors (Lipinski definition) is 0. The van der Waals surface area contributed by atoms with Gasteiger partial charge in [-0.05, 0) is 48.6 Å². The average molecular weight is 569 g/mol. The molecule has 0 radical (unpaired) electrons. The Balaban J connectivity index is 1.29. The molecular formula is C30H33FN2O4S2. The minimum atomic E-state index is -3.66. The van der Waals surface area contributed by atoms with Crippen molar-refractivity contribution >= 4 is 27.7 Å². The number of benzene rings is 2. The number of rotatable bonds is 4. The van der Waals surface area contributed by atoms with Crippen molar-refractivity contribution in [2.45, 2.75) is 54.4 Å². The largest absolute Gasteiger partial charge is 0.367 e. The highest BCUT2D eigenvalue weighted by Gasteiger charge is 2.50. The zero-order valence-corrected chi connectivity index (χ0v) is 23.5. The number of halogens is 1. The highest BCUT2D eigenvalue weighted by molar-refractivity contribution is 8.00. The first-order chi connectivity index (χ1) is 18.8. The Labute approximate surface area is 233 Å². The first-order valence-corrected chi connectivity index (χ1v) is 16.0. The fraction of sp³-hybridized carbons (Fsp3) is 0.433. The van der Waals surface area contributed by atoms with E-state index in [1.54, 1.807) is 47.3 Å². The summed E-state index contributed by atoms with van der Waals surface area (Å²) in [5, 5.41) is -0.0146. The van der Waals surface area contributed by atoms with Gasteiger partial charge in [0.2, 0.25) is 10.0 Å². The first kappa shape index (κ1) is 26.7. The van der Waals surface area contributed by atoms with Gasteiger partial charge in [0, 0.05) is 36.6 Å². The summed E-state index contributed by atoms with van der Waals surface area (Å²) in [5.41, 5.74) is 3.04. The second kappa shape index (κ2) is 10.5. The number of sulfonamides is 1. The molecule has 2 saturated heterocycles. The SMILES string of the molecule is CC1(S(=O)(=O)N2CCS[C@H]3CO[C@@H](C(=O)N4CCc5ccccc5[C@@H]4c4ccc(F)cc4)C[C@@H]32)C=CC=CC1. The Hall–Kier alpha value is -2.46. The molecule has 3 aliphatic heterocycles. The fourth-order valence-corrected chi connectivity index (χ4v) is 9.78. The molecule has 1 aliphatic carbocycles. The number of nitrogens with zero attached hydrogens (tertiary/aromatic N) is 2. The van der Waals surface area contributed by atoms with Crippen molar-refractivity contribution in [3.8, 4) is 0 Å². The van der Waals surface area contributed by atoms with Gasteiger partial charge in [-0.1, -0.05) is 60.7 Å². The minimum Gasteiger partial charge on any atom is -0.367 e. The van der Waals surface area contributed by atoms with E-state index in [9.17, 15) is 17.6 Å². The van der Waals surface area contributed by atoms with E-state index in [2.05, 4.69) is 6.07 Å². The van der Waals surface area contributed by atoms with Crippen molar-refractivity contribution < 1.29 is 22.3 Å². The van der Waals surface area contributed by atoms with Gasteiger partial charge in [-0.2, -0.15) is 16.1 Å². The summed E-state index contributed by atoms with van der Waals surface area (Å²) in [6.45, 7) is 3.05. The lowest BCUT2D eigenvalue weighted by atomic mass is 9.87. The van der Waals surface area contributed by atoms with Gasteiger partial charge in [0.1, 0.15) is 16.7 Å².